The number of piperidine rings is 1. The first-order chi connectivity index (χ1) is 11.6. The molecule has 130 valence electrons. The Kier molecular flexibility index (Phi) is 5.07. The second kappa shape index (κ2) is 7.24. The fourth-order valence-electron chi connectivity index (χ4n) is 4.01. The highest BCUT2D eigenvalue weighted by molar-refractivity contribution is 5.80. The van der Waals surface area contributed by atoms with Crippen molar-refractivity contribution in [3.63, 3.8) is 0 Å². The topological polar surface area (TPSA) is 66.8 Å². The van der Waals surface area contributed by atoms with Gasteiger partial charge in [-0.2, -0.15) is 0 Å². The third-order valence-corrected chi connectivity index (χ3v) is 5.40. The van der Waals surface area contributed by atoms with Gasteiger partial charge in [0.05, 0.1) is 13.0 Å². The summed E-state index contributed by atoms with van der Waals surface area (Å²) in [5.74, 6) is -0.209. The van der Waals surface area contributed by atoms with Crippen LogP contribution in [-0.4, -0.2) is 42.1 Å². The van der Waals surface area contributed by atoms with Gasteiger partial charge in [-0.05, 0) is 37.0 Å². The maximum atomic E-state index is 12.8. The van der Waals surface area contributed by atoms with Crippen molar-refractivity contribution in [2.75, 3.05) is 20.2 Å². The summed E-state index contributed by atoms with van der Waals surface area (Å²) in [5.41, 5.74) is 1.07. The molecule has 3 rings (SSSR count). The molecule has 1 aliphatic heterocycles. The van der Waals surface area contributed by atoms with Crippen LogP contribution < -0.4 is 4.74 Å². The average molecular weight is 331 g/mol. The number of ether oxygens (including phenoxy) is 1. The molecule has 2 fully saturated rings. The summed E-state index contributed by atoms with van der Waals surface area (Å²) < 4.78 is 5.18. The number of carbonyl (C=O) groups is 2. The minimum absolute atomic E-state index is 0.0658. The number of rotatable bonds is 4. The number of likely N-dealkylation sites (tertiary alicyclic amines) is 1. The summed E-state index contributed by atoms with van der Waals surface area (Å²) in [6.45, 7) is 0.961. The highest BCUT2D eigenvalue weighted by Crippen LogP contribution is 2.34. The molecule has 1 aromatic carbocycles. The number of methoxy groups -OCH3 is 1. The zero-order chi connectivity index (χ0) is 17.1. The zero-order valence-electron chi connectivity index (χ0n) is 14.1. The van der Waals surface area contributed by atoms with Crippen LogP contribution in [0.4, 0.5) is 0 Å². The molecule has 1 aliphatic carbocycles. The highest BCUT2D eigenvalue weighted by atomic mass is 16.5. The molecule has 0 spiro atoms. The van der Waals surface area contributed by atoms with Gasteiger partial charge in [-0.1, -0.05) is 25.0 Å². The van der Waals surface area contributed by atoms with Crippen LogP contribution in [0.3, 0.4) is 0 Å². The van der Waals surface area contributed by atoms with E-state index >= 15 is 0 Å². The maximum absolute atomic E-state index is 12.8. The van der Waals surface area contributed by atoms with Crippen LogP contribution in [-0.2, 0) is 9.59 Å². The number of amides is 1. The fourth-order valence-corrected chi connectivity index (χ4v) is 4.01. The number of carbonyl (C=O) groups excluding carboxylic acids is 1. The number of aliphatic carboxylic acids is 1. The molecule has 2 atom stereocenters. The Hall–Kier alpha value is -2.04. The SMILES string of the molecule is COc1ccc(C2CC(C(=O)O)CN(C(=O)C3CCCC3)C2)cc1. The van der Waals surface area contributed by atoms with Crippen molar-refractivity contribution in [2.24, 2.45) is 11.8 Å². The summed E-state index contributed by atoms with van der Waals surface area (Å²) >= 11 is 0. The molecule has 1 saturated carbocycles. The lowest BCUT2D eigenvalue weighted by Gasteiger charge is -2.37. The number of carboxylic acids is 1. The second-order valence-electron chi connectivity index (χ2n) is 6.97. The Bertz CT molecular complexity index is 592. The van der Waals surface area contributed by atoms with Crippen LogP contribution >= 0.6 is 0 Å². The number of carboxylic acid groups (broad SMARTS) is 1. The number of hydrogen-bond acceptors (Lipinski definition) is 3. The predicted molar refractivity (Wildman–Crippen MR) is 90.0 cm³/mol. The van der Waals surface area contributed by atoms with Gasteiger partial charge in [0.1, 0.15) is 5.75 Å². The van der Waals surface area contributed by atoms with E-state index in [1.807, 2.05) is 24.3 Å². The van der Waals surface area contributed by atoms with Gasteiger partial charge in [0.15, 0.2) is 0 Å². The summed E-state index contributed by atoms with van der Waals surface area (Å²) in [6, 6.07) is 7.74. The molecule has 1 N–H and O–H groups in total. The minimum atomic E-state index is -0.808. The Morgan fingerprint density at radius 1 is 1.08 bits per heavy atom. The third kappa shape index (κ3) is 3.55. The predicted octanol–water partition coefficient (Wildman–Crippen LogP) is 2.90. The third-order valence-electron chi connectivity index (χ3n) is 5.40. The monoisotopic (exact) mass is 331 g/mol. The first kappa shape index (κ1) is 16.8. The quantitative estimate of drug-likeness (QED) is 0.921. The molecule has 0 bridgehead atoms. The molecule has 2 aliphatic rings. The molecule has 5 nitrogen and oxygen atoms in total. The molecule has 1 heterocycles. The molecule has 0 radical (unpaired) electrons. The molecule has 1 aromatic rings. The van der Waals surface area contributed by atoms with E-state index in [9.17, 15) is 14.7 Å². The van der Waals surface area contributed by atoms with Gasteiger partial charge in [-0.15, -0.1) is 0 Å². The zero-order valence-corrected chi connectivity index (χ0v) is 14.1. The molecule has 0 aromatic heterocycles. The van der Waals surface area contributed by atoms with Gasteiger partial charge >= 0.3 is 5.97 Å². The Labute approximate surface area is 142 Å². The van der Waals surface area contributed by atoms with Crippen molar-refractivity contribution in [3.05, 3.63) is 29.8 Å². The minimum Gasteiger partial charge on any atom is -0.497 e. The largest absolute Gasteiger partial charge is 0.497 e. The molecule has 5 heteroatoms. The van der Waals surface area contributed by atoms with E-state index in [1.54, 1.807) is 12.0 Å². The van der Waals surface area contributed by atoms with Crippen molar-refractivity contribution in [2.45, 2.75) is 38.0 Å². The van der Waals surface area contributed by atoms with E-state index < -0.39 is 11.9 Å². The standard InChI is InChI=1S/C19H25NO4/c1-24-17-8-6-13(7-9-17)15-10-16(19(22)23)12-20(11-15)18(21)14-4-2-3-5-14/h6-9,14-16H,2-5,10-12H2,1H3,(H,22,23). The van der Waals surface area contributed by atoms with Gasteiger partial charge in [-0.3, -0.25) is 9.59 Å². The lowest BCUT2D eigenvalue weighted by Crippen LogP contribution is -2.47. The molecule has 1 amide bonds. The summed E-state index contributed by atoms with van der Waals surface area (Å²) in [6.07, 6.45) is 4.68. The van der Waals surface area contributed by atoms with E-state index in [1.165, 1.54) is 0 Å². The second-order valence-corrected chi connectivity index (χ2v) is 6.97. The fraction of sp³-hybridized carbons (Fsp3) is 0.579. The van der Waals surface area contributed by atoms with Crippen molar-refractivity contribution < 1.29 is 19.4 Å². The van der Waals surface area contributed by atoms with Gasteiger partial charge < -0.3 is 14.7 Å². The van der Waals surface area contributed by atoms with Gasteiger partial charge in [0.2, 0.25) is 5.91 Å². The van der Waals surface area contributed by atoms with Crippen molar-refractivity contribution in [1.29, 1.82) is 0 Å². The van der Waals surface area contributed by atoms with E-state index in [2.05, 4.69) is 0 Å². The lowest BCUT2D eigenvalue weighted by molar-refractivity contribution is -0.147. The maximum Gasteiger partial charge on any atom is 0.308 e. The first-order valence-electron chi connectivity index (χ1n) is 8.74. The van der Waals surface area contributed by atoms with Crippen molar-refractivity contribution in [1.82, 2.24) is 4.90 Å². The number of benzene rings is 1. The van der Waals surface area contributed by atoms with Gasteiger partial charge in [0.25, 0.3) is 0 Å². The number of nitrogens with zero attached hydrogens (tertiary/aromatic N) is 1. The number of hydrogen-bond donors (Lipinski definition) is 1. The molecule has 24 heavy (non-hydrogen) atoms. The van der Waals surface area contributed by atoms with E-state index in [0.717, 1.165) is 37.0 Å². The van der Waals surface area contributed by atoms with Crippen molar-refractivity contribution >= 4 is 11.9 Å². The first-order valence-corrected chi connectivity index (χ1v) is 8.74. The molecule has 1 saturated heterocycles. The van der Waals surface area contributed by atoms with E-state index in [0.29, 0.717) is 19.5 Å². The van der Waals surface area contributed by atoms with E-state index in [4.69, 9.17) is 4.74 Å². The van der Waals surface area contributed by atoms with Gasteiger partial charge in [-0.25, -0.2) is 0 Å². The Morgan fingerprint density at radius 2 is 1.75 bits per heavy atom. The average Bonchev–Trinajstić information content (AvgIpc) is 3.15. The molecular formula is C19H25NO4. The Morgan fingerprint density at radius 3 is 2.33 bits per heavy atom. The summed E-state index contributed by atoms with van der Waals surface area (Å²) in [7, 11) is 1.62. The molecule has 2 unspecified atom stereocenters. The lowest BCUT2D eigenvalue weighted by atomic mass is 9.84. The Balaban J connectivity index is 1.77. The van der Waals surface area contributed by atoms with Crippen molar-refractivity contribution in [3.8, 4) is 5.75 Å². The van der Waals surface area contributed by atoms with E-state index in [-0.39, 0.29) is 17.7 Å². The van der Waals surface area contributed by atoms with Crippen LogP contribution in [0.2, 0.25) is 0 Å². The van der Waals surface area contributed by atoms with Crippen LogP contribution in [0.5, 0.6) is 5.75 Å². The summed E-state index contributed by atoms with van der Waals surface area (Å²) in [5, 5.41) is 9.49. The van der Waals surface area contributed by atoms with Gasteiger partial charge in [0, 0.05) is 24.9 Å². The smallest absolute Gasteiger partial charge is 0.308 e. The van der Waals surface area contributed by atoms with Crippen LogP contribution in [0.15, 0.2) is 24.3 Å². The van der Waals surface area contributed by atoms with Crippen LogP contribution in [0.25, 0.3) is 0 Å². The molecular weight excluding hydrogens is 306 g/mol. The summed E-state index contributed by atoms with van der Waals surface area (Å²) in [4.78, 5) is 26.1. The normalized spacial score (nSPS) is 24.8. The van der Waals surface area contributed by atoms with Crippen LogP contribution in [0.1, 0.15) is 43.6 Å². The highest BCUT2D eigenvalue weighted by Gasteiger charge is 2.37. The van der Waals surface area contributed by atoms with Crippen LogP contribution in [0, 0.1) is 11.8 Å².